The molecule has 1 N–H and O–H groups in total. The van der Waals surface area contributed by atoms with E-state index in [-0.39, 0.29) is 13.0 Å². The first-order chi connectivity index (χ1) is 27.0. The first kappa shape index (κ1) is 53.5. The van der Waals surface area contributed by atoms with Gasteiger partial charge in [-0.1, -0.05) is 46.9 Å². The summed E-state index contributed by atoms with van der Waals surface area (Å²) in [6.07, 6.45) is -4.35. The zero-order valence-electron chi connectivity index (χ0n) is 33.1. The number of fused-ring (bicyclic) bond motifs is 5. The Balaban J connectivity index is 1.93. The van der Waals surface area contributed by atoms with Gasteiger partial charge in [-0.3, -0.25) is 9.59 Å². The second-order valence-electron chi connectivity index (χ2n) is 15.4. The van der Waals surface area contributed by atoms with Gasteiger partial charge in [0.15, 0.2) is 5.60 Å². The zero-order valence-corrected chi connectivity index (χ0v) is 50.7. The van der Waals surface area contributed by atoms with Crippen LogP contribution in [0.5, 0.6) is 0 Å². The van der Waals surface area contributed by atoms with Crippen LogP contribution in [0.3, 0.4) is 0 Å². The van der Waals surface area contributed by atoms with Crippen LogP contribution in [0, 0.1) is 22.7 Å². The van der Waals surface area contributed by atoms with Crippen LogP contribution in [0.25, 0.3) is 0 Å². The van der Waals surface area contributed by atoms with E-state index in [1.165, 1.54) is 13.8 Å². The van der Waals surface area contributed by atoms with Crippen molar-refractivity contribution >= 4 is 156 Å². The maximum absolute atomic E-state index is 14.5. The summed E-state index contributed by atoms with van der Waals surface area (Å²) in [6.45, 7) is 7.70. The third-order valence-corrected chi connectivity index (χ3v) is 81.3. The highest BCUT2D eigenvalue weighted by atomic mass is 33.1. The van der Waals surface area contributed by atoms with E-state index >= 15 is 0 Å². The second-order valence-corrected chi connectivity index (χ2v) is 73.5. The molecule has 1 saturated heterocycles. The Bertz CT molecular complexity index is 1690. The summed E-state index contributed by atoms with van der Waals surface area (Å²) in [4.78, 5) is 41.7. The maximum atomic E-state index is 14.5. The summed E-state index contributed by atoms with van der Waals surface area (Å²) in [7, 11) is 25.2. The Morgan fingerprint density at radius 1 is 0.845 bits per heavy atom. The lowest BCUT2D eigenvalue weighted by Gasteiger charge is -2.68. The van der Waals surface area contributed by atoms with Gasteiger partial charge in [-0.15, -0.1) is 80.4 Å². The SMILES string of the molecule is CC(=O)O[C@@H]1[C@H](OP(P(P)P)P(PP)P(P)P)C2=C(C)[C@@H](O)CC([C@@H](OC(=O)c3ccccc3)C3[C@@]1(C)[C@@H](OP(P(P)P)P(P)P)C[C@H]1OC[C@@]31OC(C)=O)C2(C)C. The van der Waals surface area contributed by atoms with E-state index in [1.807, 2.05) is 13.0 Å². The molecule has 27 heteroatoms. The Morgan fingerprint density at radius 2 is 1.45 bits per heavy atom. The van der Waals surface area contributed by atoms with Gasteiger partial charge in [0.25, 0.3) is 0 Å². The van der Waals surface area contributed by atoms with Crippen LogP contribution < -0.4 is 0 Å². The number of hydrogen-bond acceptors (Lipinski definition) is 10. The fourth-order valence-electron chi connectivity index (χ4n) is 9.35. The predicted molar refractivity (Wildman–Crippen MR) is 286 cm³/mol. The standard InChI is InChI=1S/C31H57O10P17/c1-15-20(34)12-19-24(38-28(35)18-10-8-7-9-11-18)26-30(6,21(40-52(54(43)44)55(45)46)13-22-31(26,14-36-22)39-17(3)33)27(37-16(2)32)25(23(15)29(19,4)5)41-53(56(47)48)58(51-42)57(49)50/h7-11,19-22,24-27,34,51H,12-14,42-50H2,1-6H3/t19?,20-,21-,22+,24+,25+,26?,27+,30+,31-,53?,58?/m0/s1. The van der Waals surface area contributed by atoms with E-state index in [9.17, 15) is 19.5 Å². The molecule has 2 bridgehead atoms. The Hall–Kier alpha value is 4.52. The summed E-state index contributed by atoms with van der Waals surface area (Å²) in [5.41, 5.74) is -1.30. The molecule has 3 aliphatic carbocycles. The molecule has 0 aromatic heterocycles. The zero-order chi connectivity index (χ0) is 43.2. The fraction of sp³-hybridized carbons (Fsp3) is 0.645. The molecule has 1 aromatic carbocycles. The normalized spacial score (nSPS) is 34.4. The highest BCUT2D eigenvalue weighted by Crippen LogP contribution is 3.09. The van der Waals surface area contributed by atoms with Crippen LogP contribution in [0.1, 0.15) is 64.7 Å². The minimum absolute atomic E-state index is 0.0488. The van der Waals surface area contributed by atoms with Crippen LogP contribution in [-0.2, 0) is 37.6 Å². The molecule has 1 aromatic rings. The molecular formula is C31H57O10P17. The molecule has 10 nitrogen and oxygen atoms in total. The van der Waals surface area contributed by atoms with Crippen molar-refractivity contribution in [2.45, 2.75) is 96.6 Å². The number of carbonyl (C=O) groups is 3. The van der Waals surface area contributed by atoms with Gasteiger partial charge in [0.05, 0.1) is 45.3 Å². The van der Waals surface area contributed by atoms with Gasteiger partial charge in [0, 0.05) is 38.6 Å². The lowest BCUT2D eigenvalue weighted by atomic mass is 9.45. The third-order valence-electron chi connectivity index (χ3n) is 11.7. The van der Waals surface area contributed by atoms with E-state index in [1.54, 1.807) is 24.3 Å². The Morgan fingerprint density at radius 3 is 1.93 bits per heavy atom. The van der Waals surface area contributed by atoms with E-state index in [0.29, 0.717) is 19.9 Å². The fourth-order valence-corrected chi connectivity index (χ4v) is 108. The maximum Gasteiger partial charge on any atom is 0.338 e. The van der Waals surface area contributed by atoms with E-state index in [2.05, 4.69) is 101 Å². The molecule has 22 atom stereocenters. The molecule has 14 unspecified atom stereocenters. The molecule has 0 spiro atoms. The lowest BCUT2D eigenvalue weighted by Crippen LogP contribution is -2.80. The van der Waals surface area contributed by atoms with Crippen molar-refractivity contribution in [3.63, 3.8) is 0 Å². The average molecular weight is 1120 g/mol. The van der Waals surface area contributed by atoms with Crippen molar-refractivity contribution in [3.05, 3.63) is 47.0 Å². The van der Waals surface area contributed by atoms with Gasteiger partial charge in [0.2, 0.25) is 0 Å². The average Bonchev–Trinajstić information content (AvgIpc) is 3.12. The van der Waals surface area contributed by atoms with Gasteiger partial charge >= 0.3 is 17.9 Å². The molecule has 2 saturated carbocycles. The van der Waals surface area contributed by atoms with Crippen LogP contribution in [0.2, 0.25) is 0 Å². The van der Waals surface area contributed by atoms with Crippen LogP contribution >= 0.6 is 138 Å². The number of carbonyl (C=O) groups excluding carboxylic acids is 3. The van der Waals surface area contributed by atoms with Crippen LogP contribution in [0.15, 0.2) is 41.5 Å². The molecule has 0 radical (unpaired) electrons. The minimum Gasteiger partial charge on any atom is -0.459 e. The van der Waals surface area contributed by atoms with Gasteiger partial charge in [0.1, 0.15) is 24.4 Å². The van der Waals surface area contributed by atoms with Gasteiger partial charge < -0.3 is 33.1 Å². The predicted octanol–water partition coefficient (Wildman–Crippen LogP) is 12.9. The second kappa shape index (κ2) is 22.3. The number of rotatable bonds is 14. The quantitative estimate of drug-likeness (QED) is 0.0833. The highest BCUT2D eigenvalue weighted by molar-refractivity contribution is 9.10. The summed E-state index contributed by atoms with van der Waals surface area (Å²) in [5.74, 6) is -2.87. The molecular weight excluding hydrogens is 1060 g/mol. The number of hydrogen-bond donors (Lipinski definition) is 1. The lowest BCUT2D eigenvalue weighted by molar-refractivity contribution is -0.351. The monoisotopic (exact) mass is 1120 g/mol. The number of ether oxygens (including phenoxy) is 4. The minimum atomic E-state index is -1.29. The number of esters is 3. The van der Waals surface area contributed by atoms with Crippen molar-refractivity contribution in [2.75, 3.05) is 6.61 Å². The largest absolute Gasteiger partial charge is 0.459 e. The summed E-state index contributed by atoms with van der Waals surface area (Å²) in [6, 6.07) is 8.85. The van der Waals surface area contributed by atoms with E-state index in [0.717, 1.165) is 11.1 Å². The molecule has 3 fully saturated rings. The summed E-state index contributed by atoms with van der Waals surface area (Å²) < 4.78 is 41.8. The number of aliphatic hydroxyl groups excluding tert-OH is 1. The molecule has 4 aliphatic rings. The van der Waals surface area contributed by atoms with Crippen molar-refractivity contribution in [1.29, 1.82) is 0 Å². The van der Waals surface area contributed by atoms with Crippen molar-refractivity contribution in [1.82, 2.24) is 0 Å². The van der Waals surface area contributed by atoms with Gasteiger partial charge in [-0.25, -0.2) is 4.79 Å². The Kier molecular flexibility index (Phi) is 20.6. The van der Waals surface area contributed by atoms with E-state index < -0.39 is 133 Å². The van der Waals surface area contributed by atoms with Gasteiger partial charge in [-0.05, 0) is 70.0 Å². The first-order valence-corrected chi connectivity index (χ1v) is 47.4. The van der Waals surface area contributed by atoms with Crippen molar-refractivity contribution in [2.24, 2.45) is 22.7 Å². The van der Waals surface area contributed by atoms with Crippen LogP contribution in [-0.4, -0.2) is 71.8 Å². The van der Waals surface area contributed by atoms with Crippen LogP contribution in [0.4, 0.5) is 0 Å². The highest BCUT2D eigenvalue weighted by Gasteiger charge is 2.76. The molecule has 0 amide bonds. The number of aliphatic hydroxyl groups is 1. The van der Waals surface area contributed by atoms with Gasteiger partial charge in [-0.2, -0.15) is 0 Å². The molecule has 5 rings (SSSR count). The molecule has 1 aliphatic heterocycles. The smallest absolute Gasteiger partial charge is 0.338 e. The summed E-state index contributed by atoms with van der Waals surface area (Å²) in [5, 5.41) is 12.2. The Labute approximate surface area is 374 Å². The van der Waals surface area contributed by atoms with Crippen molar-refractivity contribution < 1.29 is 47.5 Å². The van der Waals surface area contributed by atoms with E-state index in [4.69, 9.17) is 28.0 Å². The molecule has 326 valence electrons. The molecule has 1 heterocycles. The van der Waals surface area contributed by atoms with Crippen molar-refractivity contribution in [3.8, 4) is 0 Å². The topological polar surface area (TPSA) is 127 Å². The summed E-state index contributed by atoms with van der Waals surface area (Å²) >= 11 is 0. The third kappa shape index (κ3) is 11.0. The molecule has 58 heavy (non-hydrogen) atoms. The number of benzene rings is 1. The first-order valence-electron chi connectivity index (χ1n) is 18.1.